The van der Waals surface area contributed by atoms with Crippen molar-refractivity contribution in [2.75, 3.05) is 13.1 Å². The minimum absolute atomic E-state index is 0.00396. The van der Waals surface area contributed by atoms with Gasteiger partial charge in [0.2, 0.25) is 5.91 Å². The molecule has 1 atom stereocenters. The van der Waals surface area contributed by atoms with Gasteiger partial charge in [0, 0.05) is 11.6 Å². The summed E-state index contributed by atoms with van der Waals surface area (Å²) in [5.41, 5.74) is -0.00396. The van der Waals surface area contributed by atoms with Gasteiger partial charge in [0.1, 0.15) is 0 Å². The Morgan fingerprint density at radius 2 is 2.21 bits per heavy atom. The zero-order chi connectivity index (χ0) is 10.8. The van der Waals surface area contributed by atoms with Crippen molar-refractivity contribution in [3.63, 3.8) is 0 Å². The number of carbonyl (C=O) groups is 1. The fourth-order valence-corrected chi connectivity index (χ4v) is 2.16. The van der Waals surface area contributed by atoms with E-state index in [1.165, 1.54) is 0 Å². The number of hydrogen-bond acceptors (Lipinski definition) is 2. The van der Waals surface area contributed by atoms with Gasteiger partial charge in [-0.25, -0.2) is 0 Å². The van der Waals surface area contributed by atoms with Crippen LogP contribution in [-0.2, 0) is 4.79 Å². The van der Waals surface area contributed by atoms with Crippen molar-refractivity contribution in [1.82, 2.24) is 10.2 Å². The lowest BCUT2D eigenvalue weighted by Gasteiger charge is -2.41. The largest absolute Gasteiger partial charge is 0.334 e. The van der Waals surface area contributed by atoms with Gasteiger partial charge in [0.15, 0.2) is 0 Å². The van der Waals surface area contributed by atoms with Crippen LogP contribution in [0.2, 0.25) is 0 Å². The van der Waals surface area contributed by atoms with Crippen LogP contribution in [0.1, 0.15) is 40.5 Å². The molecule has 0 saturated carbocycles. The van der Waals surface area contributed by atoms with Gasteiger partial charge in [-0.1, -0.05) is 6.92 Å². The molecule has 0 aromatic carbocycles. The molecule has 82 valence electrons. The van der Waals surface area contributed by atoms with Gasteiger partial charge >= 0.3 is 0 Å². The van der Waals surface area contributed by atoms with E-state index in [0.717, 1.165) is 19.4 Å². The summed E-state index contributed by atoms with van der Waals surface area (Å²) >= 11 is 0. The number of nitrogens with one attached hydrogen (secondary N) is 1. The van der Waals surface area contributed by atoms with Crippen LogP contribution in [0.4, 0.5) is 0 Å². The lowest BCUT2D eigenvalue weighted by molar-refractivity contribution is -0.137. The highest BCUT2D eigenvalue weighted by Crippen LogP contribution is 2.24. The zero-order valence-corrected chi connectivity index (χ0v) is 9.76. The maximum atomic E-state index is 11.9. The molecule has 1 heterocycles. The molecule has 0 radical (unpaired) electrons. The molecule has 1 saturated heterocycles. The molecule has 1 rings (SSSR count). The fraction of sp³-hybridized carbons (Fsp3) is 0.909. The Labute approximate surface area is 86.9 Å². The van der Waals surface area contributed by atoms with Crippen LogP contribution >= 0.6 is 0 Å². The summed E-state index contributed by atoms with van der Waals surface area (Å²) in [5, 5.41) is 3.17. The molecule has 1 fully saturated rings. The van der Waals surface area contributed by atoms with Gasteiger partial charge in [-0.05, 0) is 40.2 Å². The van der Waals surface area contributed by atoms with E-state index in [4.69, 9.17) is 0 Å². The summed E-state index contributed by atoms with van der Waals surface area (Å²) in [5.74, 6) is 0.238. The second-order valence-electron chi connectivity index (χ2n) is 4.76. The second-order valence-corrected chi connectivity index (χ2v) is 4.76. The van der Waals surface area contributed by atoms with E-state index in [1.807, 2.05) is 4.90 Å². The Morgan fingerprint density at radius 3 is 2.79 bits per heavy atom. The molecule has 0 aliphatic carbocycles. The van der Waals surface area contributed by atoms with Crippen molar-refractivity contribution < 1.29 is 4.79 Å². The third kappa shape index (κ3) is 2.27. The molecule has 1 aliphatic heterocycles. The Kier molecular flexibility index (Phi) is 3.53. The summed E-state index contributed by atoms with van der Waals surface area (Å²) in [7, 11) is 0. The number of amides is 1. The predicted molar refractivity (Wildman–Crippen MR) is 58.2 cm³/mol. The first-order valence-corrected chi connectivity index (χ1v) is 5.52. The predicted octanol–water partition coefficient (Wildman–Crippen LogP) is 1.39. The second kappa shape index (κ2) is 4.30. The maximum absolute atomic E-state index is 11.9. The number of nitrogens with zero attached hydrogens (tertiary/aromatic N) is 1. The highest BCUT2D eigenvalue weighted by Gasteiger charge is 2.34. The average molecular weight is 198 g/mol. The molecule has 1 N–H and O–H groups in total. The van der Waals surface area contributed by atoms with Gasteiger partial charge in [-0.3, -0.25) is 4.79 Å². The molecule has 0 aromatic rings. The van der Waals surface area contributed by atoms with Gasteiger partial charge in [-0.15, -0.1) is 0 Å². The topological polar surface area (TPSA) is 32.3 Å². The number of carbonyl (C=O) groups excluding carboxylic acids is 1. The fourth-order valence-electron chi connectivity index (χ4n) is 2.16. The van der Waals surface area contributed by atoms with Gasteiger partial charge in [0.05, 0.1) is 6.54 Å². The molecular formula is C11H22N2O. The molecule has 3 heteroatoms. The van der Waals surface area contributed by atoms with E-state index in [1.54, 1.807) is 0 Å². The Morgan fingerprint density at radius 1 is 1.57 bits per heavy atom. The van der Waals surface area contributed by atoms with E-state index in [9.17, 15) is 4.79 Å². The van der Waals surface area contributed by atoms with Crippen molar-refractivity contribution in [2.24, 2.45) is 0 Å². The van der Waals surface area contributed by atoms with Crippen LogP contribution in [0.15, 0.2) is 0 Å². The van der Waals surface area contributed by atoms with E-state index in [-0.39, 0.29) is 11.4 Å². The first-order chi connectivity index (χ1) is 6.49. The van der Waals surface area contributed by atoms with Gasteiger partial charge in [0.25, 0.3) is 0 Å². The third-order valence-corrected chi connectivity index (χ3v) is 3.14. The van der Waals surface area contributed by atoms with Crippen molar-refractivity contribution >= 4 is 5.91 Å². The Hall–Kier alpha value is -0.570. The lowest BCUT2D eigenvalue weighted by Crippen LogP contribution is -2.52. The first kappa shape index (κ1) is 11.5. The van der Waals surface area contributed by atoms with Crippen molar-refractivity contribution in [3.8, 4) is 0 Å². The molecule has 14 heavy (non-hydrogen) atoms. The van der Waals surface area contributed by atoms with Crippen LogP contribution in [0.25, 0.3) is 0 Å². The van der Waals surface area contributed by atoms with Crippen LogP contribution < -0.4 is 5.32 Å². The quantitative estimate of drug-likeness (QED) is 0.727. The highest BCUT2D eigenvalue weighted by atomic mass is 16.2. The number of rotatable bonds is 2. The summed E-state index contributed by atoms with van der Waals surface area (Å²) in [6.07, 6.45) is 2.05. The molecule has 0 spiro atoms. The standard InChI is InChI=1S/C11H22N2O/c1-5-9(2)13-10(14)8-12-7-6-11(13,3)4/h9,12H,5-8H2,1-4H3. The molecule has 3 nitrogen and oxygen atoms in total. The van der Waals surface area contributed by atoms with Crippen LogP contribution in [0.5, 0.6) is 0 Å². The van der Waals surface area contributed by atoms with E-state index < -0.39 is 0 Å². The SMILES string of the molecule is CCC(C)N1C(=O)CNCCC1(C)C. The summed E-state index contributed by atoms with van der Waals surface area (Å²) in [6.45, 7) is 10.0. The van der Waals surface area contributed by atoms with Crippen molar-refractivity contribution in [3.05, 3.63) is 0 Å². The van der Waals surface area contributed by atoms with Gasteiger partial charge < -0.3 is 10.2 Å². The first-order valence-electron chi connectivity index (χ1n) is 5.52. The van der Waals surface area contributed by atoms with Crippen LogP contribution in [0.3, 0.4) is 0 Å². The summed E-state index contributed by atoms with van der Waals surface area (Å²) < 4.78 is 0. The van der Waals surface area contributed by atoms with E-state index in [2.05, 4.69) is 33.0 Å². The normalized spacial score (nSPS) is 24.6. The average Bonchev–Trinajstić information content (AvgIpc) is 2.23. The monoisotopic (exact) mass is 198 g/mol. The maximum Gasteiger partial charge on any atom is 0.237 e. The molecule has 0 aromatic heterocycles. The zero-order valence-electron chi connectivity index (χ0n) is 9.76. The highest BCUT2D eigenvalue weighted by molar-refractivity contribution is 5.79. The molecule has 1 aliphatic rings. The van der Waals surface area contributed by atoms with E-state index in [0.29, 0.717) is 12.6 Å². The van der Waals surface area contributed by atoms with Crippen LogP contribution in [-0.4, -0.2) is 35.5 Å². The van der Waals surface area contributed by atoms with Crippen molar-refractivity contribution in [2.45, 2.75) is 52.1 Å². The van der Waals surface area contributed by atoms with E-state index >= 15 is 0 Å². The molecule has 1 unspecified atom stereocenters. The molecular weight excluding hydrogens is 176 g/mol. The van der Waals surface area contributed by atoms with Crippen LogP contribution in [0, 0.1) is 0 Å². The lowest BCUT2D eigenvalue weighted by atomic mass is 9.96. The molecule has 0 bridgehead atoms. The number of hydrogen-bond donors (Lipinski definition) is 1. The Balaban J connectivity index is 2.86. The smallest absolute Gasteiger partial charge is 0.237 e. The van der Waals surface area contributed by atoms with Crippen molar-refractivity contribution in [1.29, 1.82) is 0 Å². The molecule has 1 amide bonds. The summed E-state index contributed by atoms with van der Waals surface area (Å²) in [4.78, 5) is 13.9. The third-order valence-electron chi connectivity index (χ3n) is 3.14. The minimum atomic E-state index is -0.00396. The minimum Gasteiger partial charge on any atom is -0.334 e. The summed E-state index contributed by atoms with van der Waals surface area (Å²) in [6, 6.07) is 0.345. The van der Waals surface area contributed by atoms with Gasteiger partial charge in [-0.2, -0.15) is 0 Å². The Bertz CT molecular complexity index is 213.